The van der Waals surface area contributed by atoms with Gasteiger partial charge in [-0.25, -0.2) is 0 Å². The Morgan fingerprint density at radius 2 is 2.15 bits per heavy atom. The summed E-state index contributed by atoms with van der Waals surface area (Å²) < 4.78 is 2.14. The van der Waals surface area contributed by atoms with E-state index in [-0.39, 0.29) is 0 Å². The number of fused-ring (bicyclic) bond motifs is 1. The second kappa shape index (κ2) is 5.42. The predicted octanol–water partition coefficient (Wildman–Crippen LogP) is 1.32. The van der Waals surface area contributed by atoms with Crippen molar-refractivity contribution in [2.45, 2.75) is 20.0 Å². The minimum atomic E-state index is 0.643. The number of rotatable bonds is 5. The molecule has 0 saturated carbocycles. The summed E-state index contributed by atoms with van der Waals surface area (Å²) in [5.74, 6) is 0.724. The number of aromatic nitrogens is 5. The highest BCUT2D eigenvalue weighted by Crippen LogP contribution is 2.18. The van der Waals surface area contributed by atoms with Gasteiger partial charge in [-0.2, -0.15) is 4.80 Å². The van der Waals surface area contributed by atoms with Gasteiger partial charge in [0.25, 0.3) is 0 Å². The van der Waals surface area contributed by atoms with Crippen LogP contribution < -0.4 is 5.32 Å². The fourth-order valence-electron chi connectivity index (χ4n) is 2.31. The smallest absolute Gasteiger partial charge is 0.194 e. The molecule has 6 heteroatoms. The zero-order valence-corrected chi connectivity index (χ0v) is 11.7. The number of tetrazole rings is 1. The van der Waals surface area contributed by atoms with Crippen molar-refractivity contribution in [2.75, 3.05) is 6.54 Å². The van der Waals surface area contributed by atoms with Gasteiger partial charge in [-0.3, -0.25) is 0 Å². The maximum Gasteiger partial charge on any atom is 0.194 e. The molecule has 0 spiro atoms. The van der Waals surface area contributed by atoms with E-state index in [0.717, 1.165) is 18.9 Å². The lowest BCUT2D eigenvalue weighted by Gasteiger charge is -2.04. The summed E-state index contributed by atoms with van der Waals surface area (Å²) in [5.41, 5.74) is 2.49. The van der Waals surface area contributed by atoms with Crippen LogP contribution in [0.4, 0.5) is 0 Å². The van der Waals surface area contributed by atoms with Gasteiger partial charge in [0.1, 0.15) is 0 Å². The number of hydrogen-bond acceptors (Lipinski definition) is 4. The first-order valence-electron chi connectivity index (χ1n) is 6.77. The van der Waals surface area contributed by atoms with E-state index in [2.05, 4.69) is 62.7 Å². The second-order valence-electron chi connectivity index (χ2n) is 4.81. The van der Waals surface area contributed by atoms with Crippen LogP contribution in [0.2, 0.25) is 0 Å². The minimum Gasteiger partial charge on any atom is -0.340 e. The molecule has 20 heavy (non-hydrogen) atoms. The number of nitrogens with one attached hydrogen (secondary N) is 1. The van der Waals surface area contributed by atoms with Crippen molar-refractivity contribution in [2.24, 2.45) is 7.05 Å². The summed E-state index contributed by atoms with van der Waals surface area (Å²) in [7, 11) is 1.78. The van der Waals surface area contributed by atoms with Crippen LogP contribution in [0.25, 0.3) is 10.9 Å². The van der Waals surface area contributed by atoms with Gasteiger partial charge in [0.2, 0.25) is 0 Å². The average molecular weight is 270 g/mol. The molecule has 0 saturated heterocycles. The van der Waals surface area contributed by atoms with Crippen molar-refractivity contribution >= 4 is 10.9 Å². The van der Waals surface area contributed by atoms with Gasteiger partial charge in [-0.05, 0) is 40.9 Å². The van der Waals surface area contributed by atoms with E-state index in [1.165, 1.54) is 21.3 Å². The Bertz CT molecular complexity index is 711. The average Bonchev–Trinajstić information content (AvgIpc) is 3.04. The van der Waals surface area contributed by atoms with Crippen LogP contribution in [-0.2, 0) is 20.1 Å². The van der Waals surface area contributed by atoms with Gasteiger partial charge in [-0.15, -0.1) is 10.2 Å². The monoisotopic (exact) mass is 270 g/mol. The summed E-state index contributed by atoms with van der Waals surface area (Å²) in [6.45, 7) is 4.65. The van der Waals surface area contributed by atoms with Crippen LogP contribution in [0.15, 0.2) is 30.5 Å². The molecule has 0 fully saturated rings. The van der Waals surface area contributed by atoms with E-state index >= 15 is 0 Å². The Morgan fingerprint density at radius 3 is 2.90 bits per heavy atom. The molecule has 0 aliphatic carbocycles. The Kier molecular flexibility index (Phi) is 3.47. The molecule has 104 valence electrons. The predicted molar refractivity (Wildman–Crippen MR) is 77.2 cm³/mol. The van der Waals surface area contributed by atoms with Gasteiger partial charge in [0.05, 0.1) is 13.6 Å². The zero-order chi connectivity index (χ0) is 13.9. The van der Waals surface area contributed by atoms with Crippen LogP contribution in [0.5, 0.6) is 0 Å². The van der Waals surface area contributed by atoms with Gasteiger partial charge in [-0.1, -0.05) is 13.0 Å². The molecule has 0 bridgehead atoms. The van der Waals surface area contributed by atoms with Crippen molar-refractivity contribution in [1.29, 1.82) is 0 Å². The third-order valence-corrected chi connectivity index (χ3v) is 3.28. The maximum absolute atomic E-state index is 4.21. The van der Waals surface area contributed by atoms with Crippen LogP contribution in [0, 0.1) is 0 Å². The normalized spacial score (nSPS) is 11.3. The summed E-state index contributed by atoms with van der Waals surface area (Å²) in [6, 6.07) is 8.66. The van der Waals surface area contributed by atoms with Crippen LogP contribution >= 0.6 is 0 Å². The summed E-state index contributed by atoms with van der Waals surface area (Å²) in [4.78, 5) is 1.48. The van der Waals surface area contributed by atoms with E-state index in [9.17, 15) is 0 Å². The highest BCUT2D eigenvalue weighted by Gasteiger charge is 2.06. The molecule has 3 rings (SSSR count). The molecule has 2 aromatic heterocycles. The van der Waals surface area contributed by atoms with Crippen molar-refractivity contribution in [3.63, 3.8) is 0 Å². The first-order chi connectivity index (χ1) is 9.76. The summed E-state index contributed by atoms with van der Waals surface area (Å²) in [5, 5.41) is 16.7. The Hall–Kier alpha value is -2.21. The molecular weight excluding hydrogens is 252 g/mol. The molecule has 0 unspecified atom stereocenters. The first kappa shape index (κ1) is 12.8. The third kappa shape index (κ3) is 2.55. The van der Waals surface area contributed by atoms with Crippen molar-refractivity contribution in [3.8, 4) is 0 Å². The summed E-state index contributed by atoms with van der Waals surface area (Å²) in [6.07, 6.45) is 2.07. The van der Waals surface area contributed by atoms with E-state index in [0.29, 0.717) is 6.54 Å². The van der Waals surface area contributed by atoms with Crippen LogP contribution in [0.3, 0.4) is 0 Å². The fourth-order valence-corrected chi connectivity index (χ4v) is 2.31. The quantitative estimate of drug-likeness (QED) is 0.759. The molecule has 0 radical (unpaired) electrons. The largest absolute Gasteiger partial charge is 0.340 e. The van der Waals surface area contributed by atoms with Gasteiger partial charge >= 0.3 is 0 Å². The molecule has 0 atom stereocenters. The van der Waals surface area contributed by atoms with Crippen LogP contribution in [-0.4, -0.2) is 31.3 Å². The fraction of sp³-hybridized carbons (Fsp3) is 0.357. The molecule has 1 N–H and O–H groups in total. The van der Waals surface area contributed by atoms with E-state index < -0.39 is 0 Å². The maximum atomic E-state index is 4.21. The molecule has 0 aliphatic heterocycles. The summed E-state index contributed by atoms with van der Waals surface area (Å²) >= 11 is 0. The molecule has 6 nitrogen and oxygen atoms in total. The lowest BCUT2D eigenvalue weighted by atomic mass is 10.1. The van der Waals surface area contributed by atoms with E-state index in [4.69, 9.17) is 0 Å². The SMILES string of the molecule is CCNCc1ccc2c(ccn2Cc2nnn(C)n2)c1. The molecule has 1 aromatic carbocycles. The number of hydrogen-bond donors (Lipinski definition) is 1. The minimum absolute atomic E-state index is 0.643. The first-order valence-corrected chi connectivity index (χ1v) is 6.77. The standard InChI is InChI=1S/C14H18N6/c1-3-15-9-11-4-5-13-12(8-11)6-7-20(13)10-14-16-18-19(2)17-14/h4-8,15H,3,9-10H2,1-2H3. The van der Waals surface area contributed by atoms with Gasteiger partial charge < -0.3 is 9.88 Å². The van der Waals surface area contributed by atoms with Crippen LogP contribution in [0.1, 0.15) is 18.3 Å². The number of nitrogens with zero attached hydrogens (tertiary/aromatic N) is 5. The molecule has 0 amide bonds. The highest BCUT2D eigenvalue weighted by molar-refractivity contribution is 5.80. The Labute approximate surface area is 117 Å². The number of aryl methyl sites for hydroxylation is 1. The molecule has 2 heterocycles. The van der Waals surface area contributed by atoms with Crippen molar-refractivity contribution in [1.82, 2.24) is 30.1 Å². The molecule has 0 aliphatic rings. The van der Waals surface area contributed by atoms with Crippen molar-refractivity contribution < 1.29 is 0 Å². The van der Waals surface area contributed by atoms with Gasteiger partial charge in [0, 0.05) is 18.3 Å². The zero-order valence-electron chi connectivity index (χ0n) is 11.7. The third-order valence-electron chi connectivity index (χ3n) is 3.28. The van der Waals surface area contributed by atoms with E-state index in [1.54, 1.807) is 7.05 Å². The Balaban J connectivity index is 1.85. The lowest BCUT2D eigenvalue weighted by Crippen LogP contribution is -2.11. The highest BCUT2D eigenvalue weighted by atomic mass is 15.6. The second-order valence-corrected chi connectivity index (χ2v) is 4.81. The van der Waals surface area contributed by atoms with Gasteiger partial charge in [0.15, 0.2) is 5.82 Å². The topological polar surface area (TPSA) is 60.6 Å². The molecular formula is C14H18N6. The molecule has 3 aromatic rings. The van der Waals surface area contributed by atoms with Crippen molar-refractivity contribution in [3.05, 3.63) is 41.9 Å². The van der Waals surface area contributed by atoms with E-state index in [1.807, 2.05) is 0 Å². The Morgan fingerprint density at radius 1 is 1.25 bits per heavy atom. The number of benzene rings is 1. The lowest BCUT2D eigenvalue weighted by molar-refractivity contribution is 0.626.